The predicted molar refractivity (Wildman–Crippen MR) is 116 cm³/mol. The van der Waals surface area contributed by atoms with Crippen LogP contribution in [0.3, 0.4) is 0 Å². The number of nitrogens with one attached hydrogen (secondary N) is 2. The van der Waals surface area contributed by atoms with Crippen LogP contribution in [-0.4, -0.2) is 30.1 Å². The van der Waals surface area contributed by atoms with Crippen LogP contribution >= 0.6 is 0 Å². The third kappa shape index (κ3) is 4.47. The third-order valence-corrected chi connectivity index (χ3v) is 5.87. The number of nitrogens with zero attached hydrogens (tertiary/aromatic N) is 1. The molecule has 1 fully saturated rings. The van der Waals surface area contributed by atoms with Gasteiger partial charge in [0.2, 0.25) is 5.91 Å². The van der Waals surface area contributed by atoms with Crippen molar-refractivity contribution in [1.29, 1.82) is 5.26 Å². The standard InChI is InChI=1S/C24H26N4O2/c25-13-19-15-28-22-12-16(4-9-21(19)22)2-1-3-18-14-27-11-10-23(18)30-20-7-5-17(6-8-20)24(26)29/h4-9,12,15,18,23,27-28H,1-3,10-11,14H2,(H2,26,29). The van der Waals surface area contributed by atoms with Crippen molar-refractivity contribution in [3.63, 3.8) is 0 Å². The molecule has 2 heterocycles. The number of primary amides is 1. The van der Waals surface area contributed by atoms with Gasteiger partial charge in [-0.3, -0.25) is 4.79 Å². The van der Waals surface area contributed by atoms with Crippen molar-refractivity contribution < 1.29 is 9.53 Å². The van der Waals surface area contributed by atoms with E-state index in [1.54, 1.807) is 18.3 Å². The van der Waals surface area contributed by atoms with Crippen molar-refractivity contribution in [3.05, 3.63) is 65.4 Å². The summed E-state index contributed by atoms with van der Waals surface area (Å²) in [6.07, 6.45) is 6.03. The molecule has 1 aliphatic rings. The molecule has 3 aromatic rings. The molecule has 30 heavy (non-hydrogen) atoms. The Morgan fingerprint density at radius 3 is 2.83 bits per heavy atom. The molecular weight excluding hydrogens is 376 g/mol. The van der Waals surface area contributed by atoms with Gasteiger partial charge >= 0.3 is 0 Å². The summed E-state index contributed by atoms with van der Waals surface area (Å²) in [5, 5.41) is 13.6. The molecule has 1 aromatic heterocycles. The maximum absolute atomic E-state index is 11.2. The lowest BCUT2D eigenvalue weighted by Crippen LogP contribution is -2.42. The minimum absolute atomic E-state index is 0.162. The van der Waals surface area contributed by atoms with Crippen molar-refractivity contribution in [3.8, 4) is 11.8 Å². The highest BCUT2D eigenvalue weighted by Gasteiger charge is 2.26. The van der Waals surface area contributed by atoms with Gasteiger partial charge in [-0.2, -0.15) is 5.26 Å². The molecule has 0 radical (unpaired) electrons. The van der Waals surface area contributed by atoms with E-state index >= 15 is 0 Å². The van der Waals surface area contributed by atoms with Crippen molar-refractivity contribution in [2.75, 3.05) is 13.1 Å². The molecular formula is C24H26N4O2. The normalized spacial score (nSPS) is 18.8. The molecule has 0 spiro atoms. The number of rotatable bonds is 7. The number of benzene rings is 2. The van der Waals surface area contributed by atoms with Gasteiger partial charge < -0.3 is 20.8 Å². The average molecular weight is 402 g/mol. The van der Waals surface area contributed by atoms with Gasteiger partial charge in [-0.25, -0.2) is 0 Å². The molecule has 4 rings (SSSR count). The van der Waals surface area contributed by atoms with E-state index in [4.69, 9.17) is 15.7 Å². The van der Waals surface area contributed by atoms with Crippen LogP contribution in [0.15, 0.2) is 48.7 Å². The van der Waals surface area contributed by atoms with E-state index in [0.29, 0.717) is 17.0 Å². The van der Waals surface area contributed by atoms with Crippen LogP contribution in [0.5, 0.6) is 5.75 Å². The number of carbonyl (C=O) groups is 1. The maximum Gasteiger partial charge on any atom is 0.248 e. The van der Waals surface area contributed by atoms with Crippen LogP contribution in [0.25, 0.3) is 10.9 Å². The van der Waals surface area contributed by atoms with Gasteiger partial charge in [0.1, 0.15) is 17.9 Å². The van der Waals surface area contributed by atoms with E-state index < -0.39 is 5.91 Å². The lowest BCUT2D eigenvalue weighted by atomic mass is 9.90. The number of amides is 1. The van der Waals surface area contributed by atoms with E-state index in [9.17, 15) is 4.79 Å². The second-order valence-electron chi connectivity index (χ2n) is 7.88. The maximum atomic E-state index is 11.2. The molecule has 0 saturated carbocycles. The van der Waals surface area contributed by atoms with E-state index in [-0.39, 0.29) is 6.10 Å². The summed E-state index contributed by atoms with van der Waals surface area (Å²) in [5.41, 5.74) is 8.78. The Morgan fingerprint density at radius 1 is 1.23 bits per heavy atom. The van der Waals surface area contributed by atoms with Crippen molar-refractivity contribution >= 4 is 16.8 Å². The zero-order chi connectivity index (χ0) is 20.9. The number of carbonyl (C=O) groups excluding carboxylic acids is 1. The highest BCUT2D eigenvalue weighted by Crippen LogP contribution is 2.25. The number of nitrogens with two attached hydrogens (primary N) is 1. The molecule has 154 valence electrons. The topological polar surface area (TPSA) is 104 Å². The van der Waals surface area contributed by atoms with Crippen LogP contribution in [0.2, 0.25) is 0 Å². The molecule has 4 N–H and O–H groups in total. The van der Waals surface area contributed by atoms with Crippen LogP contribution in [0.1, 0.15) is 40.7 Å². The van der Waals surface area contributed by atoms with Gasteiger partial charge in [-0.05, 0) is 68.1 Å². The molecule has 2 aromatic carbocycles. The Hall–Kier alpha value is -3.30. The third-order valence-electron chi connectivity index (χ3n) is 5.87. The molecule has 2 unspecified atom stereocenters. The summed E-state index contributed by atoms with van der Waals surface area (Å²) in [6, 6.07) is 15.6. The average Bonchev–Trinajstić information content (AvgIpc) is 3.18. The summed E-state index contributed by atoms with van der Waals surface area (Å²) < 4.78 is 6.25. The van der Waals surface area contributed by atoms with Crippen molar-refractivity contribution in [2.45, 2.75) is 31.8 Å². The van der Waals surface area contributed by atoms with E-state index in [1.165, 1.54) is 5.56 Å². The fourth-order valence-corrected chi connectivity index (χ4v) is 4.20. The monoisotopic (exact) mass is 402 g/mol. The largest absolute Gasteiger partial charge is 0.490 e. The molecule has 6 nitrogen and oxygen atoms in total. The first-order valence-electron chi connectivity index (χ1n) is 10.4. The van der Waals surface area contributed by atoms with Gasteiger partial charge in [0, 0.05) is 35.1 Å². The van der Waals surface area contributed by atoms with Crippen molar-refractivity contribution in [2.24, 2.45) is 11.7 Å². The lowest BCUT2D eigenvalue weighted by Gasteiger charge is -2.32. The first kappa shape index (κ1) is 20.0. The van der Waals surface area contributed by atoms with Gasteiger partial charge in [0.15, 0.2) is 0 Å². The molecule has 0 aliphatic carbocycles. The molecule has 1 amide bonds. The van der Waals surface area contributed by atoms with Crippen LogP contribution < -0.4 is 15.8 Å². The molecule has 1 aliphatic heterocycles. The van der Waals surface area contributed by atoms with Crippen molar-refractivity contribution in [1.82, 2.24) is 10.3 Å². The summed E-state index contributed by atoms with van der Waals surface area (Å²) in [6.45, 7) is 1.90. The summed E-state index contributed by atoms with van der Waals surface area (Å²) in [4.78, 5) is 14.4. The number of aromatic nitrogens is 1. The van der Waals surface area contributed by atoms with Gasteiger partial charge in [-0.1, -0.05) is 12.1 Å². The van der Waals surface area contributed by atoms with E-state index in [2.05, 4.69) is 28.5 Å². The highest BCUT2D eigenvalue weighted by atomic mass is 16.5. The number of fused-ring (bicyclic) bond motifs is 1. The lowest BCUT2D eigenvalue weighted by molar-refractivity contribution is 0.0958. The molecule has 2 atom stereocenters. The molecule has 1 saturated heterocycles. The molecule has 0 bridgehead atoms. The number of aromatic amines is 1. The molecule has 6 heteroatoms. The van der Waals surface area contributed by atoms with Gasteiger partial charge in [0.05, 0.1) is 5.56 Å². The minimum atomic E-state index is -0.428. The summed E-state index contributed by atoms with van der Waals surface area (Å²) in [7, 11) is 0. The highest BCUT2D eigenvalue weighted by molar-refractivity contribution is 5.92. The summed E-state index contributed by atoms with van der Waals surface area (Å²) in [5.74, 6) is 0.791. The Morgan fingerprint density at radius 2 is 2.07 bits per heavy atom. The Kier molecular flexibility index (Phi) is 6.01. The minimum Gasteiger partial charge on any atom is -0.490 e. The number of aryl methyl sites for hydroxylation is 1. The first-order valence-corrected chi connectivity index (χ1v) is 10.4. The zero-order valence-corrected chi connectivity index (χ0v) is 16.9. The van der Waals surface area contributed by atoms with Crippen LogP contribution in [-0.2, 0) is 6.42 Å². The smallest absolute Gasteiger partial charge is 0.248 e. The number of H-pyrrole nitrogens is 1. The van der Waals surface area contributed by atoms with Crippen LogP contribution in [0, 0.1) is 17.2 Å². The number of ether oxygens (including phenoxy) is 1. The number of hydrogen-bond acceptors (Lipinski definition) is 4. The van der Waals surface area contributed by atoms with E-state index in [1.807, 2.05) is 18.2 Å². The zero-order valence-electron chi connectivity index (χ0n) is 16.9. The Bertz CT molecular complexity index is 1060. The number of piperidine rings is 1. The second kappa shape index (κ2) is 9.02. The van der Waals surface area contributed by atoms with Gasteiger partial charge in [0.25, 0.3) is 0 Å². The quantitative estimate of drug-likeness (QED) is 0.562. The summed E-state index contributed by atoms with van der Waals surface area (Å²) >= 11 is 0. The number of nitriles is 1. The predicted octanol–water partition coefficient (Wildman–Crippen LogP) is 3.52. The first-order chi connectivity index (χ1) is 14.6. The fraction of sp³-hybridized carbons (Fsp3) is 0.333. The van der Waals surface area contributed by atoms with Crippen LogP contribution in [0.4, 0.5) is 0 Å². The number of hydrogen-bond donors (Lipinski definition) is 3. The second-order valence-corrected chi connectivity index (χ2v) is 7.88. The Labute approximate surface area is 176 Å². The fourth-order valence-electron chi connectivity index (χ4n) is 4.20. The Balaban J connectivity index is 1.34. The van der Waals surface area contributed by atoms with E-state index in [0.717, 1.165) is 55.4 Å². The SMILES string of the molecule is N#Cc1c[nH]c2cc(CCCC3CNCCC3Oc3ccc(C(N)=O)cc3)ccc12. The van der Waals surface area contributed by atoms with Gasteiger partial charge in [-0.15, -0.1) is 0 Å².